The number of thioether (sulfide) groups is 1. The molecule has 0 aliphatic heterocycles. The van der Waals surface area contributed by atoms with Crippen molar-refractivity contribution in [1.29, 1.82) is 0 Å². The van der Waals surface area contributed by atoms with Gasteiger partial charge in [-0.2, -0.15) is 0 Å². The lowest BCUT2D eigenvalue weighted by Crippen LogP contribution is -1.78. The Kier molecular flexibility index (Phi) is 2.10. The van der Waals surface area contributed by atoms with Gasteiger partial charge in [-0.05, 0) is 18.4 Å². The number of hydrogen-bond acceptors (Lipinski definition) is 2. The summed E-state index contributed by atoms with van der Waals surface area (Å²) in [6, 6.07) is 5.98. The first-order valence-electron chi connectivity index (χ1n) is 3.96. The standard InChI is InChI=1S/C10H9NOS/c1-13-9-4-2-3-8-10(9)7(6-12)5-11-8/h2-6,11H,1H3. The Bertz CT molecular complexity index is 447. The van der Waals surface area contributed by atoms with E-state index in [1.165, 1.54) is 0 Å². The molecule has 1 heterocycles. The van der Waals surface area contributed by atoms with Crippen LogP contribution in [0.25, 0.3) is 10.9 Å². The monoisotopic (exact) mass is 191 g/mol. The smallest absolute Gasteiger partial charge is 0.152 e. The van der Waals surface area contributed by atoms with Crippen LogP contribution in [-0.2, 0) is 0 Å². The Balaban J connectivity index is 2.83. The van der Waals surface area contributed by atoms with Gasteiger partial charge >= 0.3 is 0 Å². The number of aromatic nitrogens is 1. The highest BCUT2D eigenvalue weighted by molar-refractivity contribution is 7.98. The van der Waals surface area contributed by atoms with Crippen molar-refractivity contribution in [2.24, 2.45) is 0 Å². The van der Waals surface area contributed by atoms with E-state index in [0.717, 1.165) is 27.6 Å². The quantitative estimate of drug-likeness (QED) is 0.584. The Hall–Kier alpha value is -1.22. The zero-order valence-corrected chi connectivity index (χ0v) is 8.02. The minimum Gasteiger partial charge on any atom is -0.360 e. The number of rotatable bonds is 2. The van der Waals surface area contributed by atoms with Gasteiger partial charge in [-0.25, -0.2) is 0 Å². The first-order valence-corrected chi connectivity index (χ1v) is 5.18. The van der Waals surface area contributed by atoms with Gasteiger partial charge in [0.1, 0.15) is 0 Å². The molecule has 1 aromatic carbocycles. The van der Waals surface area contributed by atoms with Crippen LogP contribution in [0.1, 0.15) is 10.4 Å². The molecule has 3 heteroatoms. The molecule has 13 heavy (non-hydrogen) atoms. The highest BCUT2D eigenvalue weighted by Crippen LogP contribution is 2.27. The number of hydrogen-bond donors (Lipinski definition) is 1. The van der Waals surface area contributed by atoms with Gasteiger partial charge in [0, 0.05) is 27.6 Å². The topological polar surface area (TPSA) is 32.9 Å². The summed E-state index contributed by atoms with van der Waals surface area (Å²) < 4.78 is 0. The van der Waals surface area contributed by atoms with E-state index in [0.29, 0.717) is 0 Å². The van der Waals surface area contributed by atoms with Gasteiger partial charge in [0.15, 0.2) is 6.29 Å². The third-order valence-electron chi connectivity index (χ3n) is 2.04. The highest BCUT2D eigenvalue weighted by Gasteiger charge is 2.05. The first kappa shape index (κ1) is 8.38. The van der Waals surface area contributed by atoms with Crippen molar-refractivity contribution in [1.82, 2.24) is 4.98 Å². The molecule has 0 bridgehead atoms. The van der Waals surface area contributed by atoms with Crippen molar-refractivity contribution in [2.75, 3.05) is 6.26 Å². The van der Waals surface area contributed by atoms with Crippen LogP contribution in [0.3, 0.4) is 0 Å². The van der Waals surface area contributed by atoms with Crippen molar-refractivity contribution < 1.29 is 4.79 Å². The van der Waals surface area contributed by atoms with Crippen LogP contribution in [0.15, 0.2) is 29.3 Å². The predicted octanol–water partition coefficient (Wildman–Crippen LogP) is 2.70. The third kappa shape index (κ3) is 1.25. The number of aromatic amines is 1. The van der Waals surface area contributed by atoms with E-state index >= 15 is 0 Å². The maximum absolute atomic E-state index is 10.7. The predicted molar refractivity (Wildman–Crippen MR) is 55.5 cm³/mol. The van der Waals surface area contributed by atoms with E-state index < -0.39 is 0 Å². The van der Waals surface area contributed by atoms with Gasteiger partial charge in [-0.15, -0.1) is 11.8 Å². The summed E-state index contributed by atoms with van der Waals surface area (Å²) in [6.07, 6.45) is 4.65. The van der Waals surface area contributed by atoms with E-state index in [1.54, 1.807) is 18.0 Å². The second-order valence-corrected chi connectivity index (χ2v) is 3.59. The molecule has 0 unspecified atom stereocenters. The molecule has 0 atom stereocenters. The number of fused-ring (bicyclic) bond motifs is 1. The molecule has 0 fully saturated rings. The minimum atomic E-state index is 0.736. The van der Waals surface area contributed by atoms with E-state index in [9.17, 15) is 4.79 Å². The van der Waals surface area contributed by atoms with Crippen LogP contribution in [0, 0.1) is 0 Å². The van der Waals surface area contributed by atoms with E-state index in [4.69, 9.17) is 0 Å². The number of carbonyl (C=O) groups is 1. The molecule has 2 nitrogen and oxygen atoms in total. The van der Waals surface area contributed by atoms with E-state index in [-0.39, 0.29) is 0 Å². The van der Waals surface area contributed by atoms with Crippen LogP contribution < -0.4 is 0 Å². The maximum Gasteiger partial charge on any atom is 0.152 e. The molecule has 0 aliphatic carbocycles. The molecule has 0 aliphatic rings. The lowest BCUT2D eigenvalue weighted by atomic mass is 10.2. The molecule has 66 valence electrons. The van der Waals surface area contributed by atoms with Crippen molar-refractivity contribution in [2.45, 2.75) is 4.90 Å². The summed E-state index contributed by atoms with van der Waals surface area (Å²) in [6.45, 7) is 0. The summed E-state index contributed by atoms with van der Waals surface area (Å²) in [5.41, 5.74) is 1.76. The van der Waals surface area contributed by atoms with Crippen LogP contribution >= 0.6 is 11.8 Å². The fraction of sp³-hybridized carbons (Fsp3) is 0.100. The Morgan fingerprint density at radius 3 is 3.00 bits per heavy atom. The van der Waals surface area contributed by atoms with Crippen LogP contribution in [0.2, 0.25) is 0 Å². The molecule has 0 saturated heterocycles. The largest absolute Gasteiger partial charge is 0.360 e. The summed E-state index contributed by atoms with van der Waals surface area (Å²) in [7, 11) is 0. The number of H-pyrrole nitrogens is 1. The molecule has 0 saturated carbocycles. The third-order valence-corrected chi connectivity index (χ3v) is 2.82. The molecule has 1 aromatic heterocycles. The first-order chi connectivity index (χ1) is 6.36. The van der Waals surface area contributed by atoms with E-state index in [2.05, 4.69) is 4.98 Å². The van der Waals surface area contributed by atoms with Gasteiger partial charge in [0.2, 0.25) is 0 Å². The van der Waals surface area contributed by atoms with Crippen molar-refractivity contribution >= 4 is 29.0 Å². The molecule has 0 amide bonds. The SMILES string of the molecule is CSc1cccc2[nH]cc(C=O)c12. The zero-order chi connectivity index (χ0) is 9.26. The van der Waals surface area contributed by atoms with Crippen molar-refractivity contribution in [3.63, 3.8) is 0 Å². The van der Waals surface area contributed by atoms with Gasteiger partial charge in [-0.3, -0.25) is 4.79 Å². The Morgan fingerprint density at radius 1 is 1.46 bits per heavy atom. The van der Waals surface area contributed by atoms with Gasteiger partial charge in [0.05, 0.1) is 0 Å². The summed E-state index contributed by atoms with van der Waals surface area (Å²) >= 11 is 1.65. The average molecular weight is 191 g/mol. The average Bonchev–Trinajstić information content (AvgIpc) is 2.60. The Labute approximate surface area is 80.3 Å². The van der Waals surface area contributed by atoms with Crippen LogP contribution in [-0.4, -0.2) is 17.5 Å². The Morgan fingerprint density at radius 2 is 2.31 bits per heavy atom. The fourth-order valence-electron chi connectivity index (χ4n) is 1.44. The molecular weight excluding hydrogens is 182 g/mol. The second-order valence-electron chi connectivity index (χ2n) is 2.74. The minimum absolute atomic E-state index is 0.736. The summed E-state index contributed by atoms with van der Waals surface area (Å²) in [5.74, 6) is 0. The molecular formula is C10H9NOS. The molecule has 1 N–H and O–H groups in total. The number of carbonyl (C=O) groups excluding carboxylic acids is 1. The van der Waals surface area contributed by atoms with Gasteiger partial charge < -0.3 is 4.98 Å². The van der Waals surface area contributed by atoms with Gasteiger partial charge in [0.25, 0.3) is 0 Å². The van der Waals surface area contributed by atoms with Crippen LogP contribution in [0.5, 0.6) is 0 Å². The molecule has 0 spiro atoms. The van der Waals surface area contributed by atoms with Crippen molar-refractivity contribution in [3.8, 4) is 0 Å². The summed E-state index contributed by atoms with van der Waals surface area (Å²) in [4.78, 5) is 14.9. The summed E-state index contributed by atoms with van der Waals surface area (Å²) in [5, 5.41) is 1.03. The normalized spacial score (nSPS) is 10.5. The fourth-order valence-corrected chi connectivity index (χ4v) is 2.09. The number of benzene rings is 1. The second kappa shape index (κ2) is 3.26. The molecule has 2 aromatic rings. The zero-order valence-electron chi connectivity index (χ0n) is 7.20. The van der Waals surface area contributed by atoms with Gasteiger partial charge in [-0.1, -0.05) is 6.07 Å². The van der Waals surface area contributed by atoms with Crippen molar-refractivity contribution in [3.05, 3.63) is 30.0 Å². The van der Waals surface area contributed by atoms with Crippen LogP contribution in [0.4, 0.5) is 0 Å². The number of nitrogens with one attached hydrogen (secondary N) is 1. The lowest BCUT2D eigenvalue weighted by Gasteiger charge is -1.98. The molecule has 0 radical (unpaired) electrons. The molecule has 2 rings (SSSR count). The maximum atomic E-state index is 10.7. The lowest BCUT2D eigenvalue weighted by molar-refractivity contribution is 0.112. The van der Waals surface area contributed by atoms with E-state index in [1.807, 2.05) is 24.5 Å². The highest BCUT2D eigenvalue weighted by atomic mass is 32.2. The number of aldehydes is 1.